The molecule has 1 aromatic heterocycles. The van der Waals surface area contributed by atoms with E-state index >= 15 is 0 Å². The number of benzene rings is 1. The zero-order valence-corrected chi connectivity index (χ0v) is 13.6. The molecule has 4 rings (SSSR count). The molecule has 2 aromatic rings. The highest BCUT2D eigenvalue weighted by Crippen LogP contribution is 2.44. The summed E-state index contributed by atoms with van der Waals surface area (Å²) < 4.78 is 0. The normalized spacial score (nSPS) is 20.9. The summed E-state index contributed by atoms with van der Waals surface area (Å²) >= 11 is 1.83. The minimum Gasteiger partial charge on any atom is -0.390 e. The van der Waals surface area contributed by atoms with Crippen LogP contribution in [0.25, 0.3) is 11.1 Å². The van der Waals surface area contributed by atoms with Crippen LogP contribution >= 0.6 is 11.3 Å². The molecule has 1 atom stereocenters. The van der Waals surface area contributed by atoms with E-state index in [4.69, 9.17) is 5.73 Å². The Labute approximate surface area is 131 Å². The van der Waals surface area contributed by atoms with Crippen molar-refractivity contribution >= 4 is 16.3 Å². The fourth-order valence-corrected chi connectivity index (χ4v) is 5.28. The van der Waals surface area contributed by atoms with Crippen LogP contribution < -0.4 is 5.73 Å². The lowest BCUT2D eigenvalue weighted by Crippen LogP contribution is -2.09. The van der Waals surface area contributed by atoms with E-state index in [0.717, 1.165) is 10.9 Å². The highest BCUT2D eigenvalue weighted by molar-refractivity contribution is 7.16. The molecule has 2 aliphatic rings. The van der Waals surface area contributed by atoms with E-state index in [1.54, 1.807) is 21.6 Å². The quantitative estimate of drug-likeness (QED) is 0.787. The molecule has 2 aliphatic carbocycles. The van der Waals surface area contributed by atoms with Gasteiger partial charge >= 0.3 is 0 Å². The van der Waals surface area contributed by atoms with Gasteiger partial charge in [-0.15, -0.1) is 11.3 Å². The molecule has 1 aromatic carbocycles. The summed E-state index contributed by atoms with van der Waals surface area (Å²) in [6.07, 6.45) is 8.91. The summed E-state index contributed by atoms with van der Waals surface area (Å²) in [5.74, 6) is 0.812. The van der Waals surface area contributed by atoms with E-state index in [2.05, 4.69) is 25.1 Å². The first-order valence-electron chi connectivity index (χ1n) is 8.24. The van der Waals surface area contributed by atoms with Crippen LogP contribution in [0.15, 0.2) is 18.2 Å². The van der Waals surface area contributed by atoms with E-state index in [-0.39, 0.29) is 0 Å². The molecule has 0 saturated heterocycles. The van der Waals surface area contributed by atoms with Crippen LogP contribution in [0.4, 0.5) is 5.00 Å². The molecular weight excluding hydrogens is 274 g/mol. The molecule has 0 saturated carbocycles. The van der Waals surface area contributed by atoms with Crippen LogP contribution in [0.3, 0.4) is 0 Å². The Hall–Kier alpha value is -1.28. The molecular formula is C19H23NS. The molecule has 0 aliphatic heterocycles. The molecule has 21 heavy (non-hydrogen) atoms. The number of hydrogen-bond acceptors (Lipinski definition) is 2. The Morgan fingerprint density at radius 1 is 1.10 bits per heavy atom. The van der Waals surface area contributed by atoms with Gasteiger partial charge in [0.1, 0.15) is 0 Å². The largest absolute Gasteiger partial charge is 0.390 e. The Balaban J connectivity index is 1.80. The van der Waals surface area contributed by atoms with Crippen molar-refractivity contribution in [2.45, 2.75) is 51.9 Å². The van der Waals surface area contributed by atoms with E-state index in [9.17, 15) is 0 Å². The molecule has 0 radical (unpaired) electrons. The number of aryl methyl sites for hydroxylation is 2. The topological polar surface area (TPSA) is 26.0 Å². The van der Waals surface area contributed by atoms with Gasteiger partial charge in [0.05, 0.1) is 5.00 Å². The standard InChI is InChI=1S/C19H23NS/c1-12-6-9-16-17(10-12)21-19(20)18(16)15-8-7-13-4-2-3-5-14(13)11-15/h7-8,11-12H,2-6,9-10,20H2,1H3. The number of hydrogen-bond donors (Lipinski definition) is 1. The molecule has 1 unspecified atom stereocenters. The first-order valence-corrected chi connectivity index (χ1v) is 9.06. The van der Waals surface area contributed by atoms with Gasteiger partial charge in [-0.3, -0.25) is 0 Å². The van der Waals surface area contributed by atoms with Gasteiger partial charge in [-0.05, 0) is 73.1 Å². The third kappa shape index (κ3) is 2.30. The molecule has 0 bridgehead atoms. The van der Waals surface area contributed by atoms with Gasteiger partial charge in [0.25, 0.3) is 0 Å². The highest BCUT2D eigenvalue weighted by atomic mass is 32.1. The monoisotopic (exact) mass is 297 g/mol. The molecule has 2 heteroatoms. The summed E-state index contributed by atoms with van der Waals surface area (Å²) in [5, 5.41) is 1.03. The van der Waals surface area contributed by atoms with Gasteiger partial charge in [-0.25, -0.2) is 0 Å². The maximum Gasteiger partial charge on any atom is 0.0941 e. The van der Waals surface area contributed by atoms with E-state index in [1.165, 1.54) is 56.1 Å². The molecule has 1 heterocycles. The zero-order chi connectivity index (χ0) is 14.4. The SMILES string of the molecule is CC1CCc2c(sc(N)c2-c2ccc3c(c2)CCCC3)C1. The summed E-state index contributed by atoms with van der Waals surface area (Å²) in [7, 11) is 0. The van der Waals surface area contributed by atoms with Crippen molar-refractivity contribution in [1.29, 1.82) is 0 Å². The first-order chi connectivity index (χ1) is 10.2. The smallest absolute Gasteiger partial charge is 0.0941 e. The fourth-order valence-electron chi connectivity index (χ4n) is 3.98. The van der Waals surface area contributed by atoms with Crippen LogP contribution in [-0.4, -0.2) is 0 Å². The molecule has 0 spiro atoms. The molecule has 0 fully saturated rings. The number of nitrogens with two attached hydrogens (primary N) is 1. The Bertz CT molecular complexity index is 683. The van der Waals surface area contributed by atoms with Crippen molar-refractivity contribution in [3.63, 3.8) is 0 Å². The van der Waals surface area contributed by atoms with Gasteiger partial charge in [-0.1, -0.05) is 25.1 Å². The van der Waals surface area contributed by atoms with E-state index < -0.39 is 0 Å². The summed E-state index contributed by atoms with van der Waals surface area (Å²) in [6.45, 7) is 2.36. The number of thiophene rings is 1. The third-order valence-corrected chi connectivity index (χ3v) is 6.26. The minimum atomic E-state index is 0.812. The number of fused-ring (bicyclic) bond motifs is 2. The molecule has 110 valence electrons. The number of nitrogen functional groups attached to an aromatic ring is 1. The minimum absolute atomic E-state index is 0.812. The van der Waals surface area contributed by atoms with Crippen LogP contribution in [-0.2, 0) is 25.7 Å². The Morgan fingerprint density at radius 3 is 2.76 bits per heavy atom. The van der Waals surface area contributed by atoms with Crippen LogP contribution in [0, 0.1) is 5.92 Å². The lowest BCUT2D eigenvalue weighted by molar-refractivity contribution is 0.508. The van der Waals surface area contributed by atoms with Gasteiger partial charge < -0.3 is 5.73 Å². The van der Waals surface area contributed by atoms with Crippen molar-refractivity contribution in [3.05, 3.63) is 39.8 Å². The maximum atomic E-state index is 6.39. The average Bonchev–Trinajstić information content (AvgIpc) is 2.81. The molecule has 2 N–H and O–H groups in total. The first kappa shape index (κ1) is 13.4. The van der Waals surface area contributed by atoms with Crippen LogP contribution in [0.1, 0.15) is 47.8 Å². The summed E-state index contributed by atoms with van der Waals surface area (Å²) in [6, 6.07) is 7.07. The lowest BCUT2D eigenvalue weighted by atomic mass is 9.85. The number of rotatable bonds is 1. The molecule has 0 amide bonds. The third-order valence-electron chi connectivity index (χ3n) is 5.18. The predicted molar refractivity (Wildman–Crippen MR) is 92.0 cm³/mol. The highest BCUT2D eigenvalue weighted by Gasteiger charge is 2.24. The predicted octanol–water partition coefficient (Wildman–Crippen LogP) is 5.00. The van der Waals surface area contributed by atoms with Crippen LogP contribution in [0.5, 0.6) is 0 Å². The Kier molecular flexibility index (Phi) is 3.30. The maximum absolute atomic E-state index is 6.39. The second-order valence-electron chi connectivity index (χ2n) is 6.78. The van der Waals surface area contributed by atoms with Crippen molar-refractivity contribution in [2.75, 3.05) is 5.73 Å². The fraction of sp³-hybridized carbons (Fsp3) is 0.474. The average molecular weight is 297 g/mol. The van der Waals surface area contributed by atoms with Crippen LogP contribution in [0.2, 0.25) is 0 Å². The summed E-state index contributed by atoms with van der Waals surface area (Å²) in [5.41, 5.74) is 13.8. The van der Waals surface area contributed by atoms with Crippen molar-refractivity contribution in [2.24, 2.45) is 5.92 Å². The van der Waals surface area contributed by atoms with Gasteiger partial charge in [0.2, 0.25) is 0 Å². The summed E-state index contributed by atoms with van der Waals surface area (Å²) in [4.78, 5) is 1.54. The second kappa shape index (κ2) is 5.17. The van der Waals surface area contributed by atoms with E-state index in [1.807, 2.05) is 11.3 Å². The van der Waals surface area contributed by atoms with Crippen molar-refractivity contribution in [1.82, 2.24) is 0 Å². The van der Waals surface area contributed by atoms with Gasteiger partial charge in [0.15, 0.2) is 0 Å². The lowest BCUT2D eigenvalue weighted by Gasteiger charge is -2.20. The second-order valence-corrected chi connectivity index (χ2v) is 7.92. The van der Waals surface area contributed by atoms with E-state index in [0.29, 0.717) is 0 Å². The Morgan fingerprint density at radius 2 is 1.90 bits per heavy atom. The van der Waals surface area contributed by atoms with Gasteiger partial charge in [0, 0.05) is 10.4 Å². The van der Waals surface area contributed by atoms with Crippen molar-refractivity contribution < 1.29 is 0 Å². The zero-order valence-electron chi connectivity index (χ0n) is 12.7. The van der Waals surface area contributed by atoms with Crippen molar-refractivity contribution in [3.8, 4) is 11.1 Å². The molecule has 1 nitrogen and oxygen atoms in total. The van der Waals surface area contributed by atoms with Gasteiger partial charge in [-0.2, -0.15) is 0 Å². The number of anilines is 1.